The van der Waals surface area contributed by atoms with E-state index in [2.05, 4.69) is 16.0 Å². The van der Waals surface area contributed by atoms with Crippen LogP contribution in [0.3, 0.4) is 0 Å². The van der Waals surface area contributed by atoms with E-state index in [1.165, 1.54) is 6.07 Å². The second-order valence-corrected chi connectivity index (χ2v) is 8.02. The summed E-state index contributed by atoms with van der Waals surface area (Å²) in [7, 11) is 3.52. The Hall–Kier alpha value is -3.42. The lowest BCUT2D eigenvalue weighted by atomic mass is 9.97. The maximum absolute atomic E-state index is 12.7. The zero-order chi connectivity index (χ0) is 24.6. The van der Waals surface area contributed by atoms with Crippen molar-refractivity contribution < 1.29 is 39.2 Å². The van der Waals surface area contributed by atoms with Gasteiger partial charge in [-0.1, -0.05) is 0 Å². The summed E-state index contributed by atoms with van der Waals surface area (Å²) in [5.74, 6) is -1.19. The second kappa shape index (κ2) is 9.44. The number of aliphatic hydroxyl groups is 4. The van der Waals surface area contributed by atoms with Crippen LogP contribution < -0.4 is 16.0 Å². The van der Waals surface area contributed by atoms with Crippen LogP contribution in [0.15, 0.2) is 40.9 Å². The molecule has 1 fully saturated rings. The highest BCUT2D eigenvalue weighted by molar-refractivity contribution is 6.05. The predicted octanol–water partition coefficient (Wildman–Crippen LogP) is -0.405. The highest BCUT2D eigenvalue weighted by atomic mass is 16.6. The largest absolute Gasteiger partial charge is 0.451 e. The molecule has 12 nitrogen and oxygen atoms in total. The third-order valence-electron chi connectivity index (χ3n) is 5.72. The molecule has 0 bridgehead atoms. The summed E-state index contributed by atoms with van der Waals surface area (Å²) >= 11 is 0. The highest BCUT2D eigenvalue weighted by Gasteiger charge is 2.44. The first-order valence-corrected chi connectivity index (χ1v) is 10.5. The zero-order valence-electron chi connectivity index (χ0n) is 18.4. The monoisotopic (exact) mass is 474 g/mol. The molecular weight excluding hydrogens is 448 g/mol. The molecule has 5 atom stereocenters. The molecule has 2 amide bonds. The average Bonchev–Trinajstić information content (AvgIpc) is 3.41. The molecule has 182 valence electrons. The number of aryl methyl sites for hydroxylation is 1. The number of amides is 2. The van der Waals surface area contributed by atoms with Crippen LogP contribution in [0.1, 0.15) is 21.0 Å². The minimum Gasteiger partial charge on any atom is -0.451 e. The fraction of sp³-hybridized carbons (Fsp3) is 0.364. The first kappa shape index (κ1) is 23.7. The number of fused-ring (bicyclic) bond motifs is 1. The third-order valence-corrected chi connectivity index (χ3v) is 5.72. The summed E-state index contributed by atoms with van der Waals surface area (Å²) in [6, 6.07) is 6.67. The lowest BCUT2D eigenvalue weighted by molar-refractivity contribution is -0.252. The molecule has 0 spiro atoms. The molecule has 12 heteroatoms. The number of aliphatic hydroxyl groups excluding tert-OH is 4. The molecule has 4 rings (SSSR count). The molecule has 0 radical (unpaired) electrons. The molecule has 3 heterocycles. The summed E-state index contributed by atoms with van der Waals surface area (Å²) in [4.78, 5) is 25.3. The number of hydrogen-bond donors (Lipinski definition) is 7. The van der Waals surface area contributed by atoms with Gasteiger partial charge >= 0.3 is 0 Å². The van der Waals surface area contributed by atoms with Crippen molar-refractivity contribution in [2.24, 2.45) is 7.05 Å². The Kier molecular flexibility index (Phi) is 6.59. The molecule has 7 N–H and O–H groups in total. The number of carbonyl (C=O) groups excluding carboxylic acids is 2. The van der Waals surface area contributed by atoms with Gasteiger partial charge in [-0.3, -0.25) is 9.59 Å². The summed E-state index contributed by atoms with van der Waals surface area (Å²) in [6.07, 6.45) is -4.12. The Morgan fingerprint density at radius 3 is 2.50 bits per heavy atom. The van der Waals surface area contributed by atoms with E-state index < -0.39 is 43.2 Å². The van der Waals surface area contributed by atoms with Gasteiger partial charge in [0.15, 0.2) is 12.1 Å². The van der Waals surface area contributed by atoms with Crippen LogP contribution in [0.4, 0.5) is 11.4 Å². The van der Waals surface area contributed by atoms with E-state index in [0.29, 0.717) is 22.4 Å². The van der Waals surface area contributed by atoms with Gasteiger partial charge in [0.1, 0.15) is 35.6 Å². The molecule has 0 saturated carbocycles. The van der Waals surface area contributed by atoms with Crippen LogP contribution >= 0.6 is 0 Å². The maximum atomic E-state index is 12.7. The number of aromatic nitrogens is 1. The van der Waals surface area contributed by atoms with E-state index in [-0.39, 0.29) is 11.7 Å². The maximum Gasteiger partial charge on any atom is 0.287 e. The van der Waals surface area contributed by atoms with Crippen molar-refractivity contribution in [3.05, 3.63) is 48.0 Å². The van der Waals surface area contributed by atoms with Gasteiger partial charge in [-0.05, 0) is 30.3 Å². The number of hydrogen-bond acceptors (Lipinski definition) is 9. The summed E-state index contributed by atoms with van der Waals surface area (Å²) < 4.78 is 12.3. The van der Waals surface area contributed by atoms with Crippen molar-refractivity contribution in [2.75, 3.05) is 24.3 Å². The van der Waals surface area contributed by atoms with E-state index in [9.17, 15) is 24.9 Å². The summed E-state index contributed by atoms with van der Waals surface area (Å²) in [5.41, 5.74) is 2.11. The average molecular weight is 474 g/mol. The molecule has 1 aromatic carbocycles. The van der Waals surface area contributed by atoms with Crippen LogP contribution in [0.25, 0.3) is 11.0 Å². The minimum atomic E-state index is -1.65. The molecule has 0 aliphatic carbocycles. The Bertz CT molecular complexity index is 1200. The van der Waals surface area contributed by atoms with E-state index in [4.69, 9.17) is 14.3 Å². The third kappa shape index (κ3) is 4.49. The first-order valence-electron chi connectivity index (χ1n) is 10.5. The van der Waals surface area contributed by atoms with Crippen LogP contribution in [-0.4, -0.2) is 81.1 Å². The fourth-order valence-electron chi connectivity index (χ4n) is 3.83. The molecule has 1 saturated heterocycles. The van der Waals surface area contributed by atoms with Crippen LogP contribution in [0, 0.1) is 0 Å². The number of nitrogens with one attached hydrogen (secondary N) is 3. The van der Waals surface area contributed by atoms with Crippen molar-refractivity contribution in [2.45, 2.75) is 30.6 Å². The van der Waals surface area contributed by atoms with Gasteiger partial charge in [0.2, 0.25) is 0 Å². The standard InChI is InChI=1S/C22H26N4O8/c1-23-12-7-13(26(2)8-12)20(30)24-11-3-4-14-10(5-11)6-15(33-14)21(31)25-17-19(29)18(28)16(9-27)34-22(17)32/h3-8,16-19,22-23,27-29,32H,9H2,1-2H3,(H,24,30)(H,25,31). The Balaban J connectivity index is 1.48. The van der Waals surface area contributed by atoms with Gasteiger partial charge in [0.05, 0.1) is 12.3 Å². The second-order valence-electron chi connectivity index (χ2n) is 8.02. The predicted molar refractivity (Wildman–Crippen MR) is 120 cm³/mol. The van der Waals surface area contributed by atoms with Gasteiger partial charge in [-0.15, -0.1) is 0 Å². The quantitative estimate of drug-likeness (QED) is 0.250. The summed E-state index contributed by atoms with van der Waals surface area (Å²) in [5, 5.41) is 48.1. The SMILES string of the molecule is CNc1cc(C(=O)Nc2ccc3oc(C(=O)NC4C(O)OC(CO)C(O)C4O)cc3c2)n(C)c1. The highest BCUT2D eigenvalue weighted by Crippen LogP contribution is 2.25. The Morgan fingerprint density at radius 2 is 1.82 bits per heavy atom. The molecule has 34 heavy (non-hydrogen) atoms. The molecule has 1 aliphatic heterocycles. The van der Waals surface area contributed by atoms with Crippen molar-refractivity contribution in [3.8, 4) is 0 Å². The van der Waals surface area contributed by atoms with Crippen molar-refractivity contribution in [1.82, 2.24) is 9.88 Å². The Labute approximate surface area is 193 Å². The van der Waals surface area contributed by atoms with Gasteiger partial charge in [0, 0.05) is 31.4 Å². The molecular formula is C22H26N4O8. The molecule has 3 aromatic rings. The van der Waals surface area contributed by atoms with E-state index in [1.54, 1.807) is 49.1 Å². The first-order chi connectivity index (χ1) is 16.2. The smallest absolute Gasteiger partial charge is 0.287 e. The summed E-state index contributed by atoms with van der Waals surface area (Å²) in [6.45, 7) is -0.612. The van der Waals surface area contributed by atoms with Gasteiger partial charge < -0.3 is 50.1 Å². The van der Waals surface area contributed by atoms with Crippen molar-refractivity contribution in [3.63, 3.8) is 0 Å². The fourth-order valence-corrected chi connectivity index (χ4v) is 3.83. The van der Waals surface area contributed by atoms with Crippen molar-refractivity contribution in [1.29, 1.82) is 0 Å². The van der Waals surface area contributed by atoms with Crippen LogP contribution in [0.5, 0.6) is 0 Å². The number of benzene rings is 1. The number of nitrogens with zero attached hydrogens (tertiary/aromatic N) is 1. The molecule has 1 aliphatic rings. The lowest BCUT2D eigenvalue weighted by Gasteiger charge is -2.40. The number of carbonyl (C=O) groups is 2. The number of furan rings is 1. The minimum absolute atomic E-state index is 0.113. The van der Waals surface area contributed by atoms with E-state index in [1.807, 2.05) is 0 Å². The molecule has 5 unspecified atom stereocenters. The van der Waals surface area contributed by atoms with Crippen LogP contribution in [0.2, 0.25) is 0 Å². The van der Waals surface area contributed by atoms with Crippen LogP contribution in [-0.2, 0) is 11.8 Å². The number of rotatable bonds is 6. The normalized spacial score (nSPS) is 24.7. The van der Waals surface area contributed by atoms with E-state index in [0.717, 1.165) is 5.69 Å². The number of anilines is 2. The van der Waals surface area contributed by atoms with Gasteiger partial charge in [-0.2, -0.15) is 0 Å². The van der Waals surface area contributed by atoms with Crippen molar-refractivity contribution >= 4 is 34.2 Å². The lowest BCUT2D eigenvalue weighted by Crippen LogP contribution is -2.64. The Morgan fingerprint density at radius 1 is 1.06 bits per heavy atom. The van der Waals surface area contributed by atoms with E-state index >= 15 is 0 Å². The van der Waals surface area contributed by atoms with Gasteiger partial charge in [0.25, 0.3) is 11.8 Å². The number of ether oxygens (including phenoxy) is 1. The van der Waals surface area contributed by atoms with Gasteiger partial charge in [-0.25, -0.2) is 0 Å². The zero-order valence-corrected chi connectivity index (χ0v) is 18.4. The molecule has 2 aromatic heterocycles. The topological polar surface area (TPSA) is 178 Å².